The van der Waals surface area contributed by atoms with E-state index >= 15 is 0 Å². The van der Waals surface area contributed by atoms with Gasteiger partial charge in [-0.3, -0.25) is 14.6 Å². The van der Waals surface area contributed by atoms with Gasteiger partial charge in [-0.2, -0.15) is 5.10 Å². The van der Waals surface area contributed by atoms with E-state index in [1.165, 1.54) is 31.6 Å². The van der Waals surface area contributed by atoms with Crippen molar-refractivity contribution in [3.8, 4) is 0 Å². The Morgan fingerprint density at radius 3 is 2.73 bits per heavy atom. The van der Waals surface area contributed by atoms with E-state index in [2.05, 4.69) is 57.1 Å². The van der Waals surface area contributed by atoms with E-state index in [1.807, 2.05) is 14.0 Å². The number of rotatable bonds is 8. The summed E-state index contributed by atoms with van der Waals surface area (Å²) >= 11 is 0. The van der Waals surface area contributed by atoms with Crippen LogP contribution in [0.2, 0.25) is 0 Å². The van der Waals surface area contributed by atoms with Crippen LogP contribution in [0.3, 0.4) is 0 Å². The number of nitrogens with one attached hydrogen (secondary N) is 2. The Balaban J connectivity index is 0.00000338. The summed E-state index contributed by atoms with van der Waals surface area (Å²) in [5.74, 6) is 1.64. The lowest BCUT2D eigenvalue weighted by molar-refractivity contribution is 0.226. The predicted octanol–water partition coefficient (Wildman–Crippen LogP) is 2.79. The van der Waals surface area contributed by atoms with Gasteiger partial charge in [0.05, 0.1) is 5.69 Å². The Hall–Kier alpha value is -0.830. The van der Waals surface area contributed by atoms with Crippen LogP contribution in [0.4, 0.5) is 0 Å². The fourth-order valence-electron chi connectivity index (χ4n) is 3.61. The van der Waals surface area contributed by atoms with E-state index in [-0.39, 0.29) is 24.0 Å². The molecule has 0 aliphatic carbocycles. The molecule has 0 spiro atoms. The third kappa shape index (κ3) is 7.42. The molecule has 0 bridgehead atoms. The summed E-state index contributed by atoms with van der Waals surface area (Å²) in [5.41, 5.74) is 2.32. The zero-order valence-corrected chi connectivity index (χ0v) is 19.4. The van der Waals surface area contributed by atoms with E-state index in [9.17, 15) is 0 Å². The molecule has 0 radical (unpaired) electrons. The molecule has 7 heteroatoms. The molecule has 1 fully saturated rings. The molecule has 1 atom stereocenters. The maximum Gasteiger partial charge on any atom is 0.191 e. The first-order chi connectivity index (χ1) is 12.0. The van der Waals surface area contributed by atoms with Crippen molar-refractivity contribution in [3.05, 3.63) is 17.5 Å². The SMILES string of the molecule is CN=C(NCCCn1nc(C)cc1C)NC[C@H]1CCCN1CC(C)C.I. The Morgan fingerprint density at radius 1 is 1.35 bits per heavy atom. The fourth-order valence-corrected chi connectivity index (χ4v) is 3.61. The van der Waals surface area contributed by atoms with Gasteiger partial charge in [-0.15, -0.1) is 24.0 Å². The van der Waals surface area contributed by atoms with Crippen molar-refractivity contribution in [2.24, 2.45) is 10.9 Å². The summed E-state index contributed by atoms with van der Waals surface area (Å²) < 4.78 is 2.08. The fraction of sp³-hybridized carbons (Fsp3) is 0.789. The van der Waals surface area contributed by atoms with Gasteiger partial charge in [-0.25, -0.2) is 0 Å². The van der Waals surface area contributed by atoms with Crippen LogP contribution < -0.4 is 10.6 Å². The van der Waals surface area contributed by atoms with Gasteiger partial charge in [0.2, 0.25) is 0 Å². The molecule has 1 saturated heterocycles. The molecule has 1 aromatic heterocycles. The largest absolute Gasteiger partial charge is 0.356 e. The summed E-state index contributed by atoms with van der Waals surface area (Å²) in [6.07, 6.45) is 3.63. The normalized spacial score (nSPS) is 18.2. The van der Waals surface area contributed by atoms with Crippen molar-refractivity contribution in [2.75, 3.05) is 33.2 Å². The van der Waals surface area contributed by atoms with E-state index in [1.54, 1.807) is 0 Å². The first-order valence-corrected chi connectivity index (χ1v) is 9.69. The molecule has 0 amide bonds. The smallest absolute Gasteiger partial charge is 0.191 e. The van der Waals surface area contributed by atoms with Gasteiger partial charge in [-0.05, 0) is 51.6 Å². The standard InChI is InChI=1S/C19H36N6.HI/c1-15(2)14-24-10-6-8-18(24)13-22-19(20-5)21-9-7-11-25-17(4)12-16(3)23-25;/h12,15,18H,6-11,13-14H2,1-5H3,(H2,20,21,22);1H/t18-;/m1./s1. The van der Waals surface area contributed by atoms with Gasteiger partial charge in [0.15, 0.2) is 5.96 Å². The van der Waals surface area contributed by atoms with Gasteiger partial charge in [0, 0.05) is 45.0 Å². The van der Waals surface area contributed by atoms with Crippen molar-refractivity contribution in [2.45, 2.75) is 59.5 Å². The Morgan fingerprint density at radius 2 is 2.12 bits per heavy atom. The Labute approximate surface area is 176 Å². The van der Waals surface area contributed by atoms with Gasteiger partial charge in [-0.1, -0.05) is 13.8 Å². The van der Waals surface area contributed by atoms with E-state index in [0.29, 0.717) is 6.04 Å². The topological polar surface area (TPSA) is 57.5 Å². The highest BCUT2D eigenvalue weighted by Gasteiger charge is 2.24. The number of aryl methyl sites for hydroxylation is 3. The summed E-state index contributed by atoms with van der Waals surface area (Å²) in [6, 6.07) is 2.76. The van der Waals surface area contributed by atoms with Gasteiger partial charge < -0.3 is 10.6 Å². The van der Waals surface area contributed by atoms with Crippen LogP contribution >= 0.6 is 24.0 Å². The van der Waals surface area contributed by atoms with Crippen molar-refractivity contribution in [1.29, 1.82) is 0 Å². The lowest BCUT2D eigenvalue weighted by Crippen LogP contribution is -2.45. The minimum Gasteiger partial charge on any atom is -0.356 e. The van der Waals surface area contributed by atoms with Crippen LogP contribution in [0.1, 0.15) is 44.5 Å². The molecule has 2 N–H and O–H groups in total. The molecule has 1 aliphatic heterocycles. The van der Waals surface area contributed by atoms with Gasteiger partial charge in [0.25, 0.3) is 0 Å². The minimum absolute atomic E-state index is 0. The number of hydrogen-bond donors (Lipinski definition) is 2. The number of likely N-dealkylation sites (tertiary alicyclic amines) is 1. The molecule has 0 unspecified atom stereocenters. The quantitative estimate of drug-likeness (QED) is 0.262. The first kappa shape index (κ1) is 23.2. The second-order valence-corrected chi connectivity index (χ2v) is 7.57. The Bertz CT molecular complexity index is 554. The number of aromatic nitrogens is 2. The number of guanidine groups is 1. The van der Waals surface area contributed by atoms with Crippen LogP contribution in [0.25, 0.3) is 0 Å². The number of hydrogen-bond acceptors (Lipinski definition) is 3. The van der Waals surface area contributed by atoms with Crippen molar-refractivity contribution < 1.29 is 0 Å². The summed E-state index contributed by atoms with van der Waals surface area (Å²) in [7, 11) is 1.84. The van der Waals surface area contributed by atoms with Crippen molar-refractivity contribution in [1.82, 2.24) is 25.3 Å². The molecule has 2 heterocycles. The average molecular weight is 476 g/mol. The zero-order chi connectivity index (χ0) is 18.2. The molecule has 26 heavy (non-hydrogen) atoms. The molecular formula is C19H37IN6. The maximum atomic E-state index is 4.51. The third-order valence-electron chi connectivity index (χ3n) is 4.77. The molecule has 0 aromatic carbocycles. The zero-order valence-electron chi connectivity index (χ0n) is 17.1. The molecule has 6 nitrogen and oxygen atoms in total. The molecule has 1 aromatic rings. The minimum atomic E-state index is 0. The lowest BCUT2D eigenvalue weighted by atomic mass is 10.1. The van der Waals surface area contributed by atoms with E-state index in [0.717, 1.165) is 43.6 Å². The average Bonchev–Trinajstić information content (AvgIpc) is 3.12. The van der Waals surface area contributed by atoms with Crippen LogP contribution in [-0.4, -0.2) is 59.9 Å². The molecule has 150 valence electrons. The highest BCUT2D eigenvalue weighted by molar-refractivity contribution is 14.0. The summed E-state index contributed by atoms with van der Waals surface area (Å²) in [4.78, 5) is 6.97. The number of nitrogens with zero attached hydrogens (tertiary/aromatic N) is 4. The monoisotopic (exact) mass is 476 g/mol. The number of aliphatic imine (C=N–C) groups is 1. The second kappa shape index (κ2) is 11.8. The highest BCUT2D eigenvalue weighted by Crippen LogP contribution is 2.17. The van der Waals surface area contributed by atoms with Crippen LogP contribution in [0.5, 0.6) is 0 Å². The van der Waals surface area contributed by atoms with Crippen molar-refractivity contribution >= 4 is 29.9 Å². The molecular weight excluding hydrogens is 439 g/mol. The summed E-state index contributed by atoms with van der Waals surface area (Å²) in [5, 5.41) is 11.4. The lowest BCUT2D eigenvalue weighted by Gasteiger charge is -2.27. The van der Waals surface area contributed by atoms with Crippen molar-refractivity contribution in [3.63, 3.8) is 0 Å². The van der Waals surface area contributed by atoms with Crippen LogP contribution in [0.15, 0.2) is 11.1 Å². The Kier molecular flexibility index (Phi) is 10.5. The second-order valence-electron chi connectivity index (χ2n) is 7.57. The highest BCUT2D eigenvalue weighted by atomic mass is 127. The van der Waals surface area contributed by atoms with Gasteiger partial charge >= 0.3 is 0 Å². The molecule has 1 aliphatic rings. The van der Waals surface area contributed by atoms with E-state index < -0.39 is 0 Å². The predicted molar refractivity (Wildman–Crippen MR) is 121 cm³/mol. The maximum absolute atomic E-state index is 4.51. The van der Waals surface area contributed by atoms with Gasteiger partial charge in [0.1, 0.15) is 0 Å². The van der Waals surface area contributed by atoms with Crippen LogP contribution in [0, 0.1) is 19.8 Å². The van der Waals surface area contributed by atoms with E-state index in [4.69, 9.17) is 0 Å². The summed E-state index contributed by atoms with van der Waals surface area (Å²) in [6.45, 7) is 14.0. The third-order valence-corrected chi connectivity index (χ3v) is 4.77. The first-order valence-electron chi connectivity index (χ1n) is 9.69. The van der Waals surface area contributed by atoms with Crippen LogP contribution in [-0.2, 0) is 6.54 Å². The molecule has 0 saturated carbocycles. The molecule has 2 rings (SSSR count). The number of halogens is 1.